The fourth-order valence-corrected chi connectivity index (χ4v) is 13.7. The molecule has 4 bridgehead atoms. The minimum absolute atomic E-state index is 0.109. The van der Waals surface area contributed by atoms with Gasteiger partial charge >= 0.3 is 0 Å². The minimum Gasteiger partial charge on any atom is -0.310 e. The molecule has 7 aromatic carbocycles. The summed E-state index contributed by atoms with van der Waals surface area (Å²) in [7, 11) is 0. The fourth-order valence-electron chi connectivity index (χ4n) is 13.7. The smallest absolute Gasteiger partial charge is 0.0467 e. The Morgan fingerprint density at radius 2 is 1.02 bits per heavy atom. The van der Waals surface area contributed by atoms with Gasteiger partial charge in [-0.1, -0.05) is 137 Å². The maximum absolute atomic E-state index is 2.65. The zero-order chi connectivity index (χ0) is 39.7. The average Bonchev–Trinajstić information content (AvgIpc) is 3.54. The molecule has 7 aromatic rings. The first-order valence-electron chi connectivity index (χ1n) is 22.6. The van der Waals surface area contributed by atoms with E-state index in [2.05, 4.69) is 184 Å². The van der Waals surface area contributed by atoms with Gasteiger partial charge < -0.3 is 4.90 Å². The molecule has 0 aliphatic heterocycles. The van der Waals surface area contributed by atoms with Crippen LogP contribution in [-0.4, -0.2) is 0 Å². The Hall–Kier alpha value is -5.40. The monoisotopic (exact) mass is 765 g/mol. The van der Waals surface area contributed by atoms with Gasteiger partial charge in [0.2, 0.25) is 0 Å². The third-order valence-electron chi connectivity index (χ3n) is 16.3. The lowest BCUT2D eigenvalue weighted by Gasteiger charge is -2.61. The van der Waals surface area contributed by atoms with Gasteiger partial charge in [-0.05, 0) is 188 Å². The van der Waals surface area contributed by atoms with E-state index < -0.39 is 0 Å². The van der Waals surface area contributed by atoms with Gasteiger partial charge in [0, 0.05) is 22.5 Å². The van der Waals surface area contributed by atoms with E-state index >= 15 is 0 Å². The summed E-state index contributed by atoms with van der Waals surface area (Å²) in [5.41, 5.74) is 18.4. The van der Waals surface area contributed by atoms with Crippen molar-refractivity contribution >= 4 is 27.8 Å². The molecule has 0 atom stereocenters. The van der Waals surface area contributed by atoms with Crippen LogP contribution in [0, 0.1) is 23.7 Å². The van der Waals surface area contributed by atoms with E-state index in [0.717, 1.165) is 23.7 Å². The lowest BCUT2D eigenvalue weighted by molar-refractivity contribution is -0.0399. The van der Waals surface area contributed by atoms with Gasteiger partial charge in [-0.15, -0.1) is 0 Å². The van der Waals surface area contributed by atoms with Crippen molar-refractivity contribution in [3.63, 3.8) is 0 Å². The van der Waals surface area contributed by atoms with Crippen LogP contribution < -0.4 is 4.90 Å². The predicted molar refractivity (Wildman–Crippen MR) is 248 cm³/mol. The predicted octanol–water partition coefficient (Wildman–Crippen LogP) is 15.7. The molecule has 4 fully saturated rings. The molecule has 59 heavy (non-hydrogen) atoms. The highest BCUT2D eigenvalue weighted by molar-refractivity contribution is 5.90. The van der Waals surface area contributed by atoms with Crippen LogP contribution >= 0.6 is 0 Å². The summed E-state index contributed by atoms with van der Waals surface area (Å²) in [5, 5.41) is 2.56. The number of rotatable bonds is 5. The Labute approximate surface area is 351 Å². The normalized spacial score (nSPS) is 25.2. The number of hydrogen-bond donors (Lipinski definition) is 0. The summed E-state index contributed by atoms with van der Waals surface area (Å²) in [4.78, 5) is 2.56. The lowest BCUT2D eigenvalue weighted by Crippen LogP contribution is -2.55. The van der Waals surface area contributed by atoms with E-state index in [9.17, 15) is 0 Å². The second-order valence-corrected chi connectivity index (χ2v) is 20.4. The highest BCUT2D eigenvalue weighted by Gasteiger charge is 2.61. The third kappa shape index (κ3) is 5.29. The van der Waals surface area contributed by atoms with Crippen molar-refractivity contribution in [2.45, 2.75) is 88.9 Å². The summed E-state index contributed by atoms with van der Waals surface area (Å²) in [6, 6.07) is 58.5. The Morgan fingerprint density at radius 3 is 1.81 bits per heavy atom. The van der Waals surface area contributed by atoms with Crippen LogP contribution in [0.15, 0.2) is 152 Å². The zero-order valence-electron chi connectivity index (χ0n) is 35.1. The first-order valence-corrected chi connectivity index (χ1v) is 22.6. The molecule has 4 saturated carbocycles. The largest absolute Gasteiger partial charge is 0.310 e. The molecule has 0 unspecified atom stereocenters. The SMILES string of the molecule is CC1(C)CCC(C)(C)c2c(-c3cccc(N(c4ccc(-c5ccc6ccccc6c5)cc4)c4ccc5c(c4)C4(c6ccccc6-5)C5CC6CC(C5)CC4C6)c3)cccc21. The maximum atomic E-state index is 2.65. The maximum Gasteiger partial charge on any atom is 0.0467 e. The molecular weight excluding hydrogens is 711 g/mol. The van der Waals surface area contributed by atoms with Gasteiger partial charge in [0.1, 0.15) is 0 Å². The standard InChI is InChI=1S/C58H55N/c1-56(2)27-28-57(3,4)55-49(16-10-18-53(55)56)43-13-9-14-47(35-43)59(46-23-21-40(22-24-46)42-20-19-39-11-5-6-12-41(39)34-42)48-25-26-51-50-15-7-8-17-52(50)58(54(51)36-48)44-30-37-29-38(32-44)33-45(58)31-37/h5-26,34-38,44-45H,27-33H2,1-4H3. The summed E-state index contributed by atoms with van der Waals surface area (Å²) in [6.07, 6.45) is 9.44. The highest BCUT2D eigenvalue weighted by Crippen LogP contribution is 2.69. The van der Waals surface area contributed by atoms with Gasteiger partial charge in [-0.3, -0.25) is 0 Å². The van der Waals surface area contributed by atoms with Gasteiger partial charge in [-0.2, -0.15) is 0 Å². The fraction of sp³-hybridized carbons (Fsp3) is 0.310. The number of benzene rings is 7. The third-order valence-corrected chi connectivity index (χ3v) is 16.3. The van der Waals surface area contributed by atoms with Crippen molar-refractivity contribution in [2.24, 2.45) is 23.7 Å². The molecule has 0 aromatic heterocycles. The van der Waals surface area contributed by atoms with Gasteiger partial charge in [0.25, 0.3) is 0 Å². The van der Waals surface area contributed by atoms with Gasteiger partial charge in [0.15, 0.2) is 0 Å². The molecule has 292 valence electrons. The van der Waals surface area contributed by atoms with Crippen molar-refractivity contribution in [3.05, 3.63) is 174 Å². The molecule has 1 nitrogen and oxygen atoms in total. The molecule has 6 aliphatic carbocycles. The number of nitrogens with zero attached hydrogens (tertiary/aromatic N) is 1. The molecule has 6 aliphatic rings. The zero-order valence-corrected chi connectivity index (χ0v) is 35.1. The molecule has 0 saturated heterocycles. The van der Waals surface area contributed by atoms with E-state index in [4.69, 9.17) is 0 Å². The summed E-state index contributed by atoms with van der Waals surface area (Å²) in [5.74, 6) is 3.29. The van der Waals surface area contributed by atoms with Crippen LogP contribution in [0.2, 0.25) is 0 Å². The topological polar surface area (TPSA) is 3.24 Å². The molecule has 0 N–H and O–H groups in total. The molecule has 1 spiro atoms. The van der Waals surface area contributed by atoms with E-state index in [-0.39, 0.29) is 16.2 Å². The Kier molecular flexibility index (Phi) is 7.71. The second-order valence-electron chi connectivity index (χ2n) is 20.4. The molecule has 0 radical (unpaired) electrons. The summed E-state index contributed by atoms with van der Waals surface area (Å²) in [6.45, 7) is 9.79. The quantitative estimate of drug-likeness (QED) is 0.169. The van der Waals surface area contributed by atoms with Gasteiger partial charge in [-0.25, -0.2) is 0 Å². The van der Waals surface area contributed by atoms with Crippen LogP contribution in [0.1, 0.15) is 94.9 Å². The number of anilines is 3. The number of hydrogen-bond acceptors (Lipinski definition) is 1. The summed E-state index contributed by atoms with van der Waals surface area (Å²) < 4.78 is 0. The Bertz CT molecular complexity index is 2770. The second kappa shape index (κ2) is 12.8. The Balaban J connectivity index is 1.03. The van der Waals surface area contributed by atoms with Crippen LogP contribution in [-0.2, 0) is 16.2 Å². The van der Waals surface area contributed by atoms with Gasteiger partial charge in [0.05, 0.1) is 0 Å². The Morgan fingerprint density at radius 1 is 0.407 bits per heavy atom. The molecule has 13 rings (SSSR count). The lowest BCUT2D eigenvalue weighted by atomic mass is 9.43. The first-order chi connectivity index (χ1) is 28.7. The van der Waals surface area contributed by atoms with Crippen molar-refractivity contribution in [1.29, 1.82) is 0 Å². The van der Waals surface area contributed by atoms with E-state index in [1.54, 1.807) is 11.1 Å². The minimum atomic E-state index is 0.109. The van der Waals surface area contributed by atoms with Crippen molar-refractivity contribution in [2.75, 3.05) is 4.90 Å². The average molecular weight is 766 g/mol. The molecule has 0 heterocycles. The van der Waals surface area contributed by atoms with Crippen LogP contribution in [0.3, 0.4) is 0 Å². The molecule has 1 heteroatoms. The summed E-state index contributed by atoms with van der Waals surface area (Å²) >= 11 is 0. The van der Waals surface area contributed by atoms with Crippen LogP contribution in [0.25, 0.3) is 44.2 Å². The molecular formula is C58H55N. The van der Waals surface area contributed by atoms with Crippen LogP contribution in [0.4, 0.5) is 17.1 Å². The first kappa shape index (κ1) is 35.5. The highest BCUT2D eigenvalue weighted by atomic mass is 15.1. The molecule has 0 amide bonds. The van der Waals surface area contributed by atoms with Crippen LogP contribution in [0.5, 0.6) is 0 Å². The van der Waals surface area contributed by atoms with E-state index in [1.807, 2.05) is 0 Å². The van der Waals surface area contributed by atoms with E-state index in [0.29, 0.717) is 0 Å². The van der Waals surface area contributed by atoms with Crippen molar-refractivity contribution < 1.29 is 0 Å². The number of fused-ring (bicyclic) bond motifs is 5. The van der Waals surface area contributed by atoms with E-state index in [1.165, 1.54) is 117 Å². The van der Waals surface area contributed by atoms with Crippen molar-refractivity contribution in [1.82, 2.24) is 0 Å². The van der Waals surface area contributed by atoms with Crippen molar-refractivity contribution in [3.8, 4) is 33.4 Å².